The predicted octanol–water partition coefficient (Wildman–Crippen LogP) is 2.34. The lowest BCUT2D eigenvalue weighted by atomic mass is 10.0. The van der Waals surface area contributed by atoms with E-state index in [2.05, 4.69) is 41.1 Å². The van der Waals surface area contributed by atoms with Crippen LogP contribution in [0, 0.1) is 0 Å². The Morgan fingerprint density at radius 1 is 1.26 bits per heavy atom. The van der Waals surface area contributed by atoms with Crippen LogP contribution in [-0.2, 0) is 19.4 Å². The van der Waals surface area contributed by atoms with Crippen LogP contribution in [0.1, 0.15) is 24.5 Å². The summed E-state index contributed by atoms with van der Waals surface area (Å²) in [7, 11) is 0. The molecule has 1 atom stereocenters. The third kappa shape index (κ3) is 1.65. The summed E-state index contributed by atoms with van der Waals surface area (Å²) in [6.07, 6.45) is 5.47. The van der Waals surface area contributed by atoms with E-state index in [1.165, 1.54) is 34.6 Å². The van der Waals surface area contributed by atoms with Crippen LogP contribution in [0.2, 0.25) is 0 Å². The van der Waals surface area contributed by atoms with Crippen molar-refractivity contribution in [2.24, 2.45) is 0 Å². The minimum Gasteiger partial charge on any atom is -0.300 e. The third-order valence-corrected chi connectivity index (χ3v) is 4.18. The van der Waals surface area contributed by atoms with E-state index in [1.807, 2.05) is 6.33 Å². The second-order valence-electron chi connectivity index (χ2n) is 5.63. The van der Waals surface area contributed by atoms with Crippen molar-refractivity contribution in [3.63, 3.8) is 0 Å². The van der Waals surface area contributed by atoms with Crippen LogP contribution in [0.5, 0.6) is 0 Å². The molecule has 3 nitrogen and oxygen atoms in total. The molecule has 0 radical (unpaired) electrons. The van der Waals surface area contributed by atoms with Crippen LogP contribution in [-0.4, -0.2) is 11.0 Å². The fraction of sp³-hybridized carbons (Fsp3) is 0.375. The second kappa shape index (κ2) is 4.05. The maximum absolute atomic E-state index is 4.75. The Balaban J connectivity index is 1.96. The number of fused-ring (bicyclic) bond motifs is 5. The van der Waals surface area contributed by atoms with Gasteiger partial charge in [0.05, 0.1) is 5.56 Å². The van der Waals surface area contributed by atoms with Gasteiger partial charge in [0, 0.05) is 5.56 Å². The highest BCUT2D eigenvalue weighted by atomic mass is 15.2. The van der Waals surface area contributed by atoms with Gasteiger partial charge in [-0.25, -0.2) is 4.57 Å². The molecule has 1 unspecified atom stereocenters. The first kappa shape index (κ1) is 11.0. The van der Waals surface area contributed by atoms with Gasteiger partial charge in [-0.2, -0.15) is 0 Å². The number of anilines is 1. The van der Waals surface area contributed by atoms with E-state index in [0.717, 1.165) is 19.4 Å². The van der Waals surface area contributed by atoms with Gasteiger partial charge in [0.25, 0.3) is 0 Å². The highest BCUT2D eigenvalue weighted by Crippen LogP contribution is 2.33. The standard InChI is InChI=1S/C16H17N3/c1-11-9-19-10-17-15-13-7-3-2-5-12(13)6-4-8-14(15)16(19)18-11/h2-3,5,7,10-11H,4,6,8-9H2,1H3/p+1. The van der Waals surface area contributed by atoms with Crippen LogP contribution in [0.25, 0.3) is 11.3 Å². The van der Waals surface area contributed by atoms with Crippen LogP contribution in [0.4, 0.5) is 5.82 Å². The Morgan fingerprint density at radius 3 is 3.11 bits per heavy atom. The Bertz CT molecular complexity index is 648. The summed E-state index contributed by atoms with van der Waals surface area (Å²) in [6.45, 7) is 3.25. The molecule has 0 amide bonds. The maximum atomic E-state index is 4.75. The third-order valence-electron chi connectivity index (χ3n) is 4.18. The number of aromatic nitrogens is 2. The molecule has 0 spiro atoms. The summed E-state index contributed by atoms with van der Waals surface area (Å²) in [6, 6.07) is 9.20. The smallest absolute Gasteiger partial charge is 0.228 e. The van der Waals surface area contributed by atoms with E-state index in [0.29, 0.717) is 6.04 Å². The molecule has 2 aliphatic rings. The van der Waals surface area contributed by atoms with Gasteiger partial charge in [-0.15, -0.1) is 4.98 Å². The first-order chi connectivity index (χ1) is 9.33. The summed E-state index contributed by atoms with van der Waals surface area (Å²) in [5.74, 6) is 1.29. The number of benzene rings is 1. The maximum Gasteiger partial charge on any atom is 0.228 e. The van der Waals surface area contributed by atoms with Crippen molar-refractivity contribution in [2.45, 2.75) is 38.8 Å². The highest BCUT2D eigenvalue weighted by molar-refractivity contribution is 5.71. The fourth-order valence-corrected chi connectivity index (χ4v) is 3.32. The molecule has 3 heteroatoms. The minimum atomic E-state index is 0.506. The molecule has 96 valence electrons. The zero-order chi connectivity index (χ0) is 12.8. The molecule has 1 aromatic heterocycles. The predicted molar refractivity (Wildman–Crippen MR) is 75.0 cm³/mol. The zero-order valence-electron chi connectivity index (χ0n) is 11.2. The summed E-state index contributed by atoms with van der Waals surface area (Å²) >= 11 is 0. The molecule has 1 aliphatic carbocycles. The summed E-state index contributed by atoms with van der Waals surface area (Å²) < 4.78 is 2.26. The van der Waals surface area contributed by atoms with Gasteiger partial charge in [-0.05, 0) is 31.7 Å². The second-order valence-corrected chi connectivity index (χ2v) is 5.63. The average molecular weight is 252 g/mol. The average Bonchev–Trinajstić information content (AvgIpc) is 2.70. The highest BCUT2D eigenvalue weighted by Gasteiger charge is 2.30. The number of aryl methyl sites for hydroxylation is 1. The van der Waals surface area contributed by atoms with Crippen molar-refractivity contribution < 1.29 is 4.57 Å². The quantitative estimate of drug-likeness (QED) is 0.729. The summed E-state index contributed by atoms with van der Waals surface area (Å²) in [5, 5.41) is 3.61. The van der Waals surface area contributed by atoms with Crippen molar-refractivity contribution in [3.8, 4) is 11.3 Å². The molecule has 0 saturated carbocycles. The largest absolute Gasteiger partial charge is 0.300 e. The molecule has 4 rings (SSSR count). The van der Waals surface area contributed by atoms with Crippen LogP contribution in [0.15, 0.2) is 30.6 Å². The lowest BCUT2D eigenvalue weighted by Gasteiger charge is -2.07. The van der Waals surface area contributed by atoms with E-state index >= 15 is 0 Å². The SMILES string of the molecule is CC1C[n+]2cnc3c(c2N1)CCCc1ccccc1-3. The molecule has 0 saturated heterocycles. The topological polar surface area (TPSA) is 28.8 Å². The van der Waals surface area contributed by atoms with Gasteiger partial charge >= 0.3 is 0 Å². The summed E-state index contributed by atoms with van der Waals surface area (Å²) in [4.78, 5) is 4.75. The van der Waals surface area contributed by atoms with Crippen molar-refractivity contribution in [2.75, 3.05) is 5.32 Å². The Hall–Kier alpha value is -1.90. The van der Waals surface area contributed by atoms with E-state index < -0.39 is 0 Å². The van der Waals surface area contributed by atoms with Crippen molar-refractivity contribution in [3.05, 3.63) is 41.7 Å². The molecule has 1 aromatic carbocycles. The van der Waals surface area contributed by atoms with E-state index in [-0.39, 0.29) is 0 Å². The van der Waals surface area contributed by atoms with Gasteiger partial charge in [-0.3, -0.25) is 5.32 Å². The first-order valence-electron chi connectivity index (χ1n) is 7.09. The molecule has 2 heterocycles. The van der Waals surface area contributed by atoms with E-state index in [1.54, 1.807) is 0 Å². The van der Waals surface area contributed by atoms with E-state index in [4.69, 9.17) is 4.98 Å². The molecule has 1 aliphatic heterocycles. The lowest BCUT2D eigenvalue weighted by Crippen LogP contribution is -2.33. The molecule has 19 heavy (non-hydrogen) atoms. The van der Waals surface area contributed by atoms with Crippen molar-refractivity contribution >= 4 is 5.82 Å². The number of hydrogen-bond acceptors (Lipinski definition) is 2. The minimum absolute atomic E-state index is 0.506. The van der Waals surface area contributed by atoms with Crippen molar-refractivity contribution in [1.29, 1.82) is 0 Å². The van der Waals surface area contributed by atoms with Gasteiger partial charge in [-0.1, -0.05) is 24.3 Å². The van der Waals surface area contributed by atoms with Gasteiger partial charge < -0.3 is 0 Å². The van der Waals surface area contributed by atoms with Crippen molar-refractivity contribution in [1.82, 2.24) is 4.98 Å². The van der Waals surface area contributed by atoms with Gasteiger partial charge in [0.15, 0.2) is 5.69 Å². The lowest BCUT2D eigenvalue weighted by molar-refractivity contribution is -0.676. The molecule has 1 N–H and O–H groups in total. The van der Waals surface area contributed by atoms with Crippen LogP contribution in [0.3, 0.4) is 0 Å². The number of rotatable bonds is 0. The fourth-order valence-electron chi connectivity index (χ4n) is 3.32. The number of nitrogens with one attached hydrogen (secondary N) is 1. The molecule has 2 aromatic rings. The molecule has 0 bridgehead atoms. The van der Waals surface area contributed by atoms with Gasteiger partial charge in [0.1, 0.15) is 12.6 Å². The monoisotopic (exact) mass is 252 g/mol. The Kier molecular flexibility index (Phi) is 2.34. The van der Waals surface area contributed by atoms with E-state index in [9.17, 15) is 0 Å². The normalized spacial score (nSPS) is 19.9. The zero-order valence-corrected chi connectivity index (χ0v) is 11.2. The number of hydrogen-bond donors (Lipinski definition) is 1. The molecule has 0 fully saturated rings. The van der Waals surface area contributed by atoms with Crippen LogP contribution >= 0.6 is 0 Å². The summed E-state index contributed by atoms with van der Waals surface area (Å²) in [5.41, 5.74) is 5.34. The Morgan fingerprint density at radius 2 is 2.16 bits per heavy atom. The first-order valence-corrected chi connectivity index (χ1v) is 7.09. The molecular formula is C16H18N3+. The van der Waals surface area contributed by atoms with Gasteiger partial charge in [0.2, 0.25) is 12.1 Å². The van der Waals surface area contributed by atoms with Crippen LogP contribution < -0.4 is 9.88 Å². The molecular weight excluding hydrogens is 234 g/mol. The number of nitrogens with zero attached hydrogens (tertiary/aromatic N) is 2. The Labute approximate surface area is 113 Å².